The summed E-state index contributed by atoms with van der Waals surface area (Å²) in [6.07, 6.45) is -0.515. The molecule has 0 fully saturated rings. The zero-order chi connectivity index (χ0) is 27.2. The van der Waals surface area contributed by atoms with Gasteiger partial charge in [0.15, 0.2) is 6.10 Å². The minimum atomic E-state index is -4.27. The zero-order valence-electron chi connectivity index (χ0n) is 20.2. The Balaban J connectivity index is 1.80. The average molecular weight is 551 g/mol. The van der Waals surface area contributed by atoms with Crippen LogP contribution in [0.4, 0.5) is 4.39 Å². The molecule has 0 aliphatic rings. The Morgan fingerprint density at radius 2 is 1.95 bits per heavy atom. The second kappa shape index (κ2) is 12.2. The number of carbonyl (C=O) groups excluding carboxylic acids is 2. The normalized spacial score (nSPS) is 12.1. The first kappa shape index (κ1) is 28.2. The number of ether oxygens (including phenoxy) is 1. The Bertz CT molecular complexity index is 1360. The van der Waals surface area contributed by atoms with Gasteiger partial charge >= 0.3 is 0 Å². The third-order valence-electron chi connectivity index (χ3n) is 5.38. The maximum absolute atomic E-state index is 13.5. The van der Waals surface area contributed by atoms with Crippen molar-refractivity contribution < 1.29 is 32.2 Å². The molecule has 4 N–H and O–H groups in total. The molecule has 0 aliphatic carbocycles. The lowest BCUT2D eigenvalue weighted by molar-refractivity contribution is -0.141. The first-order chi connectivity index (χ1) is 17.5. The van der Waals surface area contributed by atoms with Crippen molar-refractivity contribution in [3.63, 3.8) is 0 Å². The maximum atomic E-state index is 13.5. The van der Waals surface area contributed by atoms with E-state index >= 15 is 0 Å². The van der Waals surface area contributed by atoms with Crippen molar-refractivity contribution in [2.24, 2.45) is 5.14 Å². The number of nitrogens with two attached hydrogens (primary N) is 1. The number of carbonyl (C=O) groups is 2. The van der Waals surface area contributed by atoms with Crippen molar-refractivity contribution in [1.29, 1.82) is 0 Å². The minimum absolute atomic E-state index is 0.0383. The summed E-state index contributed by atoms with van der Waals surface area (Å²) in [4.78, 5) is 31.5. The molecule has 0 radical (unpaired) electrons. The van der Waals surface area contributed by atoms with Crippen LogP contribution in [0.5, 0.6) is 5.75 Å². The van der Waals surface area contributed by atoms with Gasteiger partial charge < -0.3 is 14.7 Å². The average Bonchev–Trinajstić information content (AvgIpc) is 3.21. The molecule has 0 aliphatic heterocycles. The maximum Gasteiger partial charge on any atom is 0.299 e. The van der Waals surface area contributed by atoms with Gasteiger partial charge in [0, 0.05) is 11.4 Å². The number of hydrogen-bond acceptors (Lipinski definition) is 8. The number of halogens is 1. The van der Waals surface area contributed by atoms with E-state index in [-0.39, 0.29) is 24.6 Å². The number of amides is 2. The second-order valence-electron chi connectivity index (χ2n) is 8.16. The van der Waals surface area contributed by atoms with Crippen molar-refractivity contribution in [3.8, 4) is 5.75 Å². The molecule has 0 spiro atoms. The highest BCUT2D eigenvalue weighted by Crippen LogP contribution is 2.24. The van der Waals surface area contributed by atoms with Gasteiger partial charge in [-0.05, 0) is 55.2 Å². The molecule has 1 aromatic heterocycles. The molecule has 0 saturated carbocycles. The molecule has 2 amide bonds. The first-order valence-corrected chi connectivity index (χ1v) is 13.5. The molecule has 2 aromatic carbocycles. The Labute approximate surface area is 218 Å². The monoisotopic (exact) mass is 550 g/mol. The molecule has 37 heavy (non-hydrogen) atoms. The molecule has 0 saturated heterocycles. The third-order valence-corrected chi connectivity index (χ3v) is 6.80. The molecule has 3 aromatic rings. The lowest BCUT2D eigenvalue weighted by atomic mass is 10.1. The smallest absolute Gasteiger partial charge is 0.299 e. The minimum Gasteiger partial charge on any atom is -0.497 e. The number of thiazole rings is 1. The Morgan fingerprint density at radius 3 is 2.57 bits per heavy atom. The Morgan fingerprint density at radius 1 is 1.24 bits per heavy atom. The molecule has 198 valence electrons. The van der Waals surface area contributed by atoms with Crippen LogP contribution in [0, 0.1) is 12.7 Å². The third kappa shape index (κ3) is 8.05. The number of rotatable bonds is 11. The number of benzene rings is 2. The summed E-state index contributed by atoms with van der Waals surface area (Å²) in [7, 11) is -2.77. The van der Waals surface area contributed by atoms with E-state index in [1.165, 1.54) is 24.1 Å². The van der Waals surface area contributed by atoms with Gasteiger partial charge in [-0.15, -0.1) is 11.3 Å². The SMILES string of the molecule is COc1ccc([C@@H](O)C(=O)N(CCCc2cccc(F)c2)Cc2nc(C(=O)NS(N)(=O)=O)c(C)s2)cc1. The predicted octanol–water partition coefficient (Wildman–Crippen LogP) is 2.23. The van der Waals surface area contributed by atoms with Gasteiger partial charge in [0.2, 0.25) is 0 Å². The number of aliphatic hydroxyl groups is 1. The first-order valence-electron chi connectivity index (χ1n) is 11.1. The predicted molar refractivity (Wildman–Crippen MR) is 136 cm³/mol. The van der Waals surface area contributed by atoms with E-state index < -0.39 is 28.1 Å². The molecule has 10 nitrogen and oxygen atoms in total. The van der Waals surface area contributed by atoms with Crippen molar-refractivity contribution >= 4 is 33.4 Å². The van der Waals surface area contributed by atoms with Gasteiger partial charge in [-0.3, -0.25) is 9.59 Å². The standard InChI is InChI=1S/C24H27FN4O6S2/c1-15-21(23(31)28-37(26,33)34)27-20(36-15)14-29(12-4-6-16-5-3-7-18(25)13-16)24(32)22(30)17-8-10-19(35-2)11-9-17/h3,5,7-11,13,22,30H,4,6,12,14H2,1-2H3,(H,28,31)(H2,26,33,34)/t22-/m1/s1. The van der Waals surface area contributed by atoms with Crippen LogP contribution < -0.4 is 14.6 Å². The van der Waals surface area contributed by atoms with Crippen LogP contribution in [0.25, 0.3) is 0 Å². The van der Waals surface area contributed by atoms with Gasteiger partial charge in [-0.1, -0.05) is 24.3 Å². The largest absolute Gasteiger partial charge is 0.497 e. The van der Waals surface area contributed by atoms with E-state index in [1.807, 2.05) is 0 Å². The highest BCUT2D eigenvalue weighted by molar-refractivity contribution is 7.87. The number of aliphatic hydroxyl groups excluding tert-OH is 1. The highest BCUT2D eigenvalue weighted by Gasteiger charge is 2.26. The Kier molecular flexibility index (Phi) is 9.32. The van der Waals surface area contributed by atoms with Gasteiger partial charge in [-0.2, -0.15) is 8.42 Å². The number of nitrogens with one attached hydrogen (secondary N) is 1. The summed E-state index contributed by atoms with van der Waals surface area (Å²) in [5.41, 5.74) is 0.997. The lowest BCUT2D eigenvalue weighted by Gasteiger charge is -2.25. The number of aromatic nitrogens is 1. The van der Waals surface area contributed by atoms with Gasteiger partial charge in [-0.25, -0.2) is 19.2 Å². The molecule has 3 rings (SSSR count). The molecule has 1 heterocycles. The van der Waals surface area contributed by atoms with E-state index in [0.29, 0.717) is 34.0 Å². The molecule has 0 bridgehead atoms. The van der Waals surface area contributed by atoms with E-state index in [2.05, 4.69) is 4.98 Å². The summed E-state index contributed by atoms with van der Waals surface area (Å²) >= 11 is 1.11. The van der Waals surface area contributed by atoms with E-state index in [9.17, 15) is 27.5 Å². The fraction of sp³-hybridized carbons (Fsp3) is 0.292. The molecule has 1 atom stereocenters. The molecular weight excluding hydrogens is 523 g/mol. The quantitative estimate of drug-likeness (QED) is 0.331. The van der Waals surface area contributed by atoms with Crippen LogP contribution in [-0.2, 0) is 28.0 Å². The molecule has 13 heteroatoms. The topological polar surface area (TPSA) is 152 Å². The summed E-state index contributed by atoms with van der Waals surface area (Å²) < 4.78 is 42.7. The fourth-order valence-corrected chi connectivity index (χ4v) is 4.91. The number of methoxy groups -OCH3 is 1. The lowest BCUT2D eigenvalue weighted by Crippen LogP contribution is -2.37. The second-order valence-corrected chi connectivity index (χ2v) is 10.7. The van der Waals surface area contributed by atoms with Crippen LogP contribution in [0.15, 0.2) is 48.5 Å². The van der Waals surface area contributed by atoms with Crippen LogP contribution in [0.1, 0.15) is 44.0 Å². The van der Waals surface area contributed by atoms with Crippen LogP contribution in [-0.4, -0.2) is 48.9 Å². The van der Waals surface area contributed by atoms with Crippen LogP contribution in [0.3, 0.4) is 0 Å². The van der Waals surface area contributed by atoms with Crippen molar-refractivity contribution in [3.05, 3.63) is 81.1 Å². The molecular formula is C24H27FN4O6S2. The van der Waals surface area contributed by atoms with E-state index in [0.717, 1.165) is 16.9 Å². The summed E-state index contributed by atoms with van der Waals surface area (Å²) in [6, 6.07) is 12.6. The number of hydrogen-bond donors (Lipinski definition) is 3. The number of nitrogens with zero attached hydrogens (tertiary/aromatic N) is 2. The van der Waals surface area contributed by atoms with Gasteiger partial charge in [0.05, 0.1) is 13.7 Å². The summed E-state index contributed by atoms with van der Waals surface area (Å²) in [6.45, 7) is 1.75. The Hall–Kier alpha value is -3.39. The zero-order valence-corrected chi connectivity index (χ0v) is 21.8. The highest BCUT2D eigenvalue weighted by atomic mass is 32.2. The van der Waals surface area contributed by atoms with Crippen molar-refractivity contribution in [2.45, 2.75) is 32.4 Å². The summed E-state index contributed by atoms with van der Waals surface area (Å²) in [5, 5.41) is 16.0. The van der Waals surface area contributed by atoms with Crippen molar-refractivity contribution in [2.75, 3.05) is 13.7 Å². The summed E-state index contributed by atoms with van der Waals surface area (Å²) in [5.74, 6) is -1.36. The van der Waals surface area contributed by atoms with E-state index in [1.54, 1.807) is 48.0 Å². The van der Waals surface area contributed by atoms with Gasteiger partial charge in [0.1, 0.15) is 22.3 Å². The van der Waals surface area contributed by atoms with Gasteiger partial charge in [0.25, 0.3) is 22.0 Å². The van der Waals surface area contributed by atoms with E-state index in [4.69, 9.17) is 9.88 Å². The van der Waals surface area contributed by atoms with Crippen LogP contribution >= 0.6 is 11.3 Å². The van der Waals surface area contributed by atoms with Crippen LogP contribution in [0.2, 0.25) is 0 Å². The molecule has 0 unspecified atom stereocenters. The number of aryl methyl sites for hydroxylation is 2. The van der Waals surface area contributed by atoms with Crippen molar-refractivity contribution in [1.82, 2.24) is 14.6 Å². The fourth-order valence-electron chi connectivity index (χ4n) is 3.61.